The van der Waals surface area contributed by atoms with Crippen LogP contribution in [0.5, 0.6) is 0 Å². The molecule has 0 aliphatic heterocycles. The van der Waals surface area contributed by atoms with Crippen molar-refractivity contribution in [2.75, 3.05) is 0 Å². The molecule has 38 heavy (non-hydrogen) atoms. The topological polar surface area (TPSA) is 34.1 Å². The number of hydrogen-bond donors (Lipinski definition) is 0. The Morgan fingerprint density at radius 2 is 0.868 bits per heavy atom. The second-order valence-corrected chi connectivity index (χ2v) is 21.4. The van der Waals surface area contributed by atoms with Crippen molar-refractivity contribution in [3.8, 4) is 0 Å². The molecular weight excluding hydrogens is 545 g/mol. The fourth-order valence-electron chi connectivity index (χ4n) is 7.19. The highest BCUT2D eigenvalue weighted by atomic mass is 33.1. The highest BCUT2D eigenvalue weighted by Crippen LogP contribution is 2.54. The summed E-state index contributed by atoms with van der Waals surface area (Å²) in [4.78, 5) is 27.3. The summed E-state index contributed by atoms with van der Waals surface area (Å²) in [5.74, 6) is 0.620. The van der Waals surface area contributed by atoms with E-state index in [9.17, 15) is 9.59 Å². The Labute approximate surface area is 249 Å². The molecule has 2 nitrogen and oxygen atoms in total. The van der Waals surface area contributed by atoms with Crippen LogP contribution in [0.25, 0.3) is 0 Å². The van der Waals surface area contributed by atoms with E-state index in [0.29, 0.717) is 56.2 Å². The fraction of sp³-hybridized carbons (Fsp3) is 0.812. The molecule has 0 N–H and O–H groups in total. The van der Waals surface area contributed by atoms with Gasteiger partial charge in [0.05, 0.1) is 0 Å². The second-order valence-electron chi connectivity index (χ2n) is 15.7. The predicted molar refractivity (Wildman–Crippen MR) is 173 cm³/mol. The minimum Gasteiger partial charge on any atom is -0.295 e. The Morgan fingerprint density at radius 1 is 0.526 bits per heavy atom. The maximum atomic E-state index is 12.3. The van der Waals surface area contributed by atoms with Gasteiger partial charge in [0.15, 0.2) is 11.6 Å². The molecule has 4 unspecified atom stereocenters. The maximum absolute atomic E-state index is 12.3. The van der Waals surface area contributed by atoms with E-state index in [1.165, 1.54) is 48.3 Å². The minimum atomic E-state index is 0.0986. The molecule has 0 aromatic heterocycles. The normalized spacial score (nSPS) is 34.4. The predicted octanol–water partition coefficient (Wildman–Crippen LogP) is 10.3. The van der Waals surface area contributed by atoms with Crippen molar-refractivity contribution in [2.24, 2.45) is 21.7 Å². The van der Waals surface area contributed by atoms with Crippen LogP contribution >= 0.6 is 45.1 Å². The molecule has 0 bridgehead atoms. The van der Waals surface area contributed by atoms with E-state index in [2.05, 4.69) is 77.0 Å². The van der Waals surface area contributed by atoms with Crippen LogP contribution in [0.15, 0.2) is 22.0 Å². The van der Waals surface area contributed by atoms with E-state index in [4.69, 9.17) is 0 Å². The van der Waals surface area contributed by atoms with Crippen LogP contribution < -0.4 is 0 Å². The molecule has 4 atom stereocenters. The van der Waals surface area contributed by atoms with E-state index < -0.39 is 0 Å². The Morgan fingerprint density at radius 3 is 1.21 bits per heavy atom. The summed E-state index contributed by atoms with van der Waals surface area (Å²) in [6.07, 6.45) is 14.9. The lowest BCUT2D eigenvalue weighted by molar-refractivity contribution is -0.117. The third-order valence-electron chi connectivity index (χ3n) is 8.39. The number of carbonyl (C=O) groups excluding carboxylic acids is 2. The highest BCUT2D eigenvalue weighted by molar-refractivity contribution is 8.77. The zero-order valence-electron chi connectivity index (χ0n) is 25.0. The van der Waals surface area contributed by atoms with Crippen molar-refractivity contribution in [2.45, 2.75) is 141 Å². The van der Waals surface area contributed by atoms with Gasteiger partial charge in [-0.1, -0.05) is 77.0 Å². The maximum Gasteiger partial charge on any atom is 0.157 e. The highest BCUT2D eigenvalue weighted by Gasteiger charge is 2.40. The van der Waals surface area contributed by atoms with E-state index in [1.807, 2.05) is 35.7 Å². The molecule has 0 amide bonds. The van der Waals surface area contributed by atoms with Gasteiger partial charge in [0.2, 0.25) is 0 Å². The summed E-state index contributed by atoms with van der Waals surface area (Å²) in [5, 5.41) is 2.56. The van der Waals surface area contributed by atoms with E-state index in [-0.39, 0.29) is 10.8 Å². The summed E-state index contributed by atoms with van der Waals surface area (Å²) in [7, 11) is 4.32. The number of rotatable bonds is 7. The third kappa shape index (κ3) is 9.38. The first-order valence-electron chi connectivity index (χ1n) is 14.6. The summed E-state index contributed by atoms with van der Waals surface area (Å²) in [5.41, 5.74) is 0.892. The molecule has 6 heteroatoms. The van der Waals surface area contributed by atoms with Crippen LogP contribution in [0.3, 0.4) is 0 Å². The van der Waals surface area contributed by atoms with Gasteiger partial charge in [0, 0.05) is 33.8 Å². The average molecular weight is 595 g/mol. The lowest BCUT2D eigenvalue weighted by atomic mass is 9.77. The number of carbonyl (C=O) groups is 2. The van der Waals surface area contributed by atoms with Gasteiger partial charge < -0.3 is 0 Å². The smallest absolute Gasteiger partial charge is 0.157 e. The van der Waals surface area contributed by atoms with E-state index in [0.717, 1.165) is 12.8 Å². The zero-order chi connectivity index (χ0) is 27.9. The van der Waals surface area contributed by atoms with Gasteiger partial charge in [-0.2, -0.15) is 0 Å². The van der Waals surface area contributed by atoms with E-state index in [1.54, 1.807) is 0 Å². The number of ketones is 2. The van der Waals surface area contributed by atoms with Gasteiger partial charge in [-0.05, 0) is 95.0 Å². The summed E-state index contributed by atoms with van der Waals surface area (Å²) < 4.78 is 0. The van der Waals surface area contributed by atoms with Gasteiger partial charge in [-0.25, -0.2) is 0 Å². The summed E-state index contributed by atoms with van der Waals surface area (Å²) in [6, 6.07) is 0. The van der Waals surface area contributed by atoms with Crippen molar-refractivity contribution in [3.05, 3.63) is 22.0 Å². The van der Waals surface area contributed by atoms with Crippen LogP contribution in [-0.2, 0) is 9.59 Å². The summed E-state index contributed by atoms with van der Waals surface area (Å²) in [6.45, 7) is 18.7. The molecule has 2 saturated carbocycles. The molecule has 0 saturated heterocycles. The minimum absolute atomic E-state index is 0.0986. The number of hydrogen-bond acceptors (Lipinski definition) is 6. The monoisotopic (exact) mass is 594 g/mol. The Bertz CT molecular complexity index is 896. The molecule has 4 aliphatic carbocycles. The van der Waals surface area contributed by atoms with Crippen LogP contribution in [0.1, 0.15) is 120 Å². The zero-order valence-corrected chi connectivity index (χ0v) is 28.3. The lowest BCUT2D eigenvalue weighted by Crippen LogP contribution is -2.34. The molecule has 214 valence electrons. The quantitative estimate of drug-likeness (QED) is 0.273. The van der Waals surface area contributed by atoms with Crippen molar-refractivity contribution < 1.29 is 9.59 Å². The molecular formula is C32H50O2S4. The first-order chi connectivity index (χ1) is 17.5. The second kappa shape index (κ2) is 11.8. The SMILES string of the molecule is CC1(C)CC(=O)C=C(SC2CC(SSC3CC(SC4=CC(=O)CC(C)(C)C4)CC(C)(C)C3)CC(C)(C)C2)C1. The first kappa shape index (κ1) is 31.2. The van der Waals surface area contributed by atoms with E-state index >= 15 is 0 Å². The Hall–Kier alpha value is 0.220. The molecule has 0 aromatic rings. The molecule has 0 radical (unpaired) electrons. The number of allylic oxidation sites excluding steroid dienone is 4. The van der Waals surface area contributed by atoms with Crippen LogP contribution in [-0.4, -0.2) is 32.6 Å². The molecule has 0 aromatic carbocycles. The van der Waals surface area contributed by atoms with Crippen molar-refractivity contribution in [3.63, 3.8) is 0 Å². The Kier molecular flexibility index (Phi) is 9.71. The van der Waals surface area contributed by atoms with Gasteiger partial charge in [-0.15, -0.1) is 23.5 Å². The molecule has 4 aliphatic rings. The van der Waals surface area contributed by atoms with Crippen LogP contribution in [0, 0.1) is 21.7 Å². The van der Waals surface area contributed by atoms with Crippen molar-refractivity contribution in [1.82, 2.24) is 0 Å². The standard InChI is InChI=1S/C32H50O2S4/c1-29(2)13-21(33)9-23(15-29)35-25-11-27(19-31(5,6)17-25)37-38-28-12-26(18-32(7,8)20-28)36-24-10-22(34)14-30(3,4)16-24/h9-10,25-28H,11-20H2,1-8H3. The molecule has 0 spiro atoms. The average Bonchev–Trinajstić information content (AvgIpc) is 2.66. The lowest BCUT2D eigenvalue weighted by Gasteiger charge is -2.43. The van der Waals surface area contributed by atoms with Gasteiger partial charge in [0.25, 0.3) is 0 Å². The third-order valence-corrected chi connectivity index (χ3v) is 14.2. The van der Waals surface area contributed by atoms with Crippen molar-refractivity contribution in [1.29, 1.82) is 0 Å². The van der Waals surface area contributed by atoms with Gasteiger partial charge in [0.1, 0.15) is 0 Å². The van der Waals surface area contributed by atoms with Gasteiger partial charge in [-0.3, -0.25) is 9.59 Å². The first-order valence-corrected chi connectivity index (χ1v) is 18.6. The summed E-state index contributed by atoms with van der Waals surface area (Å²) >= 11 is 4.03. The van der Waals surface area contributed by atoms with Crippen LogP contribution in [0.2, 0.25) is 0 Å². The largest absolute Gasteiger partial charge is 0.295 e. The Balaban J connectivity index is 1.34. The molecule has 0 heterocycles. The molecule has 4 rings (SSSR count). The van der Waals surface area contributed by atoms with Crippen LogP contribution in [0.4, 0.5) is 0 Å². The fourth-order valence-corrected chi connectivity index (χ4v) is 15.2. The molecule has 2 fully saturated rings. The number of thioether (sulfide) groups is 2. The van der Waals surface area contributed by atoms with Crippen molar-refractivity contribution >= 4 is 56.7 Å². The van der Waals surface area contributed by atoms with Gasteiger partial charge >= 0.3 is 0 Å².